The first kappa shape index (κ1) is 15.0. The fourth-order valence-corrected chi connectivity index (χ4v) is 2.21. The molecule has 7 heteroatoms. The maximum atomic E-state index is 11.8. The van der Waals surface area contributed by atoms with Crippen LogP contribution in [0.1, 0.15) is 20.3 Å². The van der Waals surface area contributed by atoms with Crippen LogP contribution in [0.4, 0.5) is 4.79 Å². The van der Waals surface area contributed by atoms with E-state index >= 15 is 0 Å². The minimum atomic E-state index is -0.867. The van der Waals surface area contributed by atoms with Gasteiger partial charge >= 0.3 is 0 Å². The molecule has 0 radical (unpaired) electrons. The van der Waals surface area contributed by atoms with Crippen LogP contribution in [0, 0.1) is 0 Å². The monoisotopic (exact) mass is 274 g/mol. The normalized spacial score (nSPS) is 18.9. The summed E-state index contributed by atoms with van der Waals surface area (Å²) in [6.07, 6.45) is 0.548. The Morgan fingerprint density at radius 1 is 1.56 bits per heavy atom. The largest absolute Gasteiger partial charge is 0.369 e. The van der Waals surface area contributed by atoms with Crippen LogP contribution in [0.5, 0.6) is 0 Å². The number of hydrogen-bond donors (Lipinski definition) is 1. The molecule has 1 unspecified atom stereocenters. The SMILES string of the molecule is CCC(C)(OC)C(=O)NCCN1C(=O)CSC1=O. The zero-order valence-electron chi connectivity index (χ0n) is 10.8. The first-order valence-electron chi connectivity index (χ1n) is 5.75. The maximum absolute atomic E-state index is 11.8. The number of nitrogens with one attached hydrogen (secondary N) is 1. The molecule has 0 aromatic heterocycles. The summed E-state index contributed by atoms with van der Waals surface area (Å²) in [5.41, 5.74) is -0.867. The van der Waals surface area contributed by atoms with Crippen molar-refractivity contribution in [1.29, 1.82) is 0 Å². The fraction of sp³-hybridized carbons (Fsp3) is 0.727. The third-order valence-corrected chi connectivity index (χ3v) is 3.93. The summed E-state index contributed by atoms with van der Waals surface area (Å²) in [7, 11) is 1.48. The quantitative estimate of drug-likeness (QED) is 0.768. The first-order valence-corrected chi connectivity index (χ1v) is 6.73. The van der Waals surface area contributed by atoms with Crippen molar-refractivity contribution in [2.24, 2.45) is 0 Å². The number of methoxy groups -OCH3 is 1. The molecule has 0 bridgehead atoms. The van der Waals surface area contributed by atoms with E-state index in [2.05, 4.69) is 5.32 Å². The van der Waals surface area contributed by atoms with Gasteiger partial charge in [-0.1, -0.05) is 18.7 Å². The minimum Gasteiger partial charge on any atom is -0.369 e. The van der Waals surface area contributed by atoms with Crippen molar-refractivity contribution in [2.45, 2.75) is 25.9 Å². The topological polar surface area (TPSA) is 75.7 Å². The fourth-order valence-electron chi connectivity index (χ4n) is 1.46. The second kappa shape index (κ2) is 6.19. The number of nitrogens with zero attached hydrogens (tertiary/aromatic N) is 1. The Balaban J connectivity index is 2.40. The molecular weight excluding hydrogens is 256 g/mol. The molecule has 1 heterocycles. The zero-order chi connectivity index (χ0) is 13.8. The van der Waals surface area contributed by atoms with E-state index in [1.807, 2.05) is 6.92 Å². The number of ether oxygens (including phenoxy) is 1. The Hall–Kier alpha value is -1.08. The second-order valence-corrected chi connectivity index (χ2v) is 5.07. The Labute approximate surface area is 110 Å². The van der Waals surface area contributed by atoms with E-state index in [4.69, 9.17) is 4.74 Å². The third-order valence-electron chi connectivity index (χ3n) is 3.07. The lowest BCUT2D eigenvalue weighted by Gasteiger charge is -2.25. The minimum absolute atomic E-state index is 0.192. The molecule has 1 rings (SSSR count). The van der Waals surface area contributed by atoms with Crippen molar-refractivity contribution in [3.63, 3.8) is 0 Å². The Kier molecular flexibility index (Phi) is 5.15. The van der Waals surface area contributed by atoms with Gasteiger partial charge in [0.25, 0.3) is 11.1 Å². The number of rotatable bonds is 6. The average Bonchev–Trinajstić information content (AvgIpc) is 2.69. The van der Waals surface area contributed by atoms with Crippen LogP contribution in [0.15, 0.2) is 0 Å². The van der Waals surface area contributed by atoms with Crippen LogP contribution in [0.25, 0.3) is 0 Å². The van der Waals surface area contributed by atoms with Crippen LogP contribution >= 0.6 is 11.8 Å². The van der Waals surface area contributed by atoms with E-state index in [0.29, 0.717) is 6.42 Å². The van der Waals surface area contributed by atoms with Gasteiger partial charge in [-0.3, -0.25) is 19.3 Å². The molecule has 1 fully saturated rings. The molecule has 3 amide bonds. The predicted octanol–water partition coefficient (Wildman–Crippen LogP) is 0.613. The highest BCUT2D eigenvalue weighted by molar-refractivity contribution is 8.14. The van der Waals surface area contributed by atoms with Crippen molar-refractivity contribution in [2.75, 3.05) is 26.0 Å². The van der Waals surface area contributed by atoms with Gasteiger partial charge in [0.15, 0.2) is 0 Å². The van der Waals surface area contributed by atoms with E-state index in [1.54, 1.807) is 6.92 Å². The summed E-state index contributed by atoms with van der Waals surface area (Å²) < 4.78 is 5.15. The van der Waals surface area contributed by atoms with Crippen molar-refractivity contribution in [3.8, 4) is 0 Å². The summed E-state index contributed by atoms with van der Waals surface area (Å²) in [5.74, 6) is -0.249. The van der Waals surface area contributed by atoms with Crippen LogP contribution in [0.2, 0.25) is 0 Å². The van der Waals surface area contributed by atoms with E-state index in [9.17, 15) is 14.4 Å². The van der Waals surface area contributed by atoms with E-state index in [1.165, 1.54) is 7.11 Å². The highest BCUT2D eigenvalue weighted by Gasteiger charge is 2.32. The van der Waals surface area contributed by atoms with Crippen molar-refractivity contribution < 1.29 is 19.1 Å². The van der Waals surface area contributed by atoms with E-state index in [-0.39, 0.29) is 35.9 Å². The van der Waals surface area contributed by atoms with Crippen molar-refractivity contribution in [3.05, 3.63) is 0 Å². The van der Waals surface area contributed by atoms with Gasteiger partial charge in [0.1, 0.15) is 5.60 Å². The number of hydrogen-bond acceptors (Lipinski definition) is 5. The highest BCUT2D eigenvalue weighted by atomic mass is 32.2. The molecule has 1 aliphatic rings. The maximum Gasteiger partial charge on any atom is 0.288 e. The van der Waals surface area contributed by atoms with Crippen molar-refractivity contribution in [1.82, 2.24) is 10.2 Å². The smallest absolute Gasteiger partial charge is 0.288 e. The lowest BCUT2D eigenvalue weighted by atomic mass is 10.0. The predicted molar refractivity (Wildman–Crippen MR) is 68.3 cm³/mol. The Bertz CT molecular complexity index is 339. The molecule has 0 saturated carbocycles. The lowest BCUT2D eigenvalue weighted by Crippen LogP contribution is -2.48. The second-order valence-electron chi connectivity index (χ2n) is 4.14. The van der Waals surface area contributed by atoms with Crippen molar-refractivity contribution >= 4 is 28.8 Å². The standard InChI is InChI=1S/C11H18N2O4S/c1-4-11(2,17-3)9(15)12-5-6-13-8(14)7-18-10(13)16/h4-7H2,1-3H3,(H,12,15). The summed E-state index contributed by atoms with van der Waals surface area (Å²) in [6, 6.07) is 0. The Morgan fingerprint density at radius 2 is 2.22 bits per heavy atom. The van der Waals surface area contributed by atoms with Gasteiger partial charge < -0.3 is 10.1 Å². The van der Waals surface area contributed by atoms with E-state index in [0.717, 1.165) is 16.7 Å². The molecule has 1 aliphatic heterocycles. The lowest BCUT2D eigenvalue weighted by molar-refractivity contribution is -0.142. The summed E-state index contributed by atoms with van der Waals surface area (Å²) in [5, 5.41) is 2.42. The molecule has 0 spiro atoms. The molecule has 1 N–H and O–H groups in total. The van der Waals surface area contributed by atoms with Gasteiger partial charge in [-0.2, -0.15) is 0 Å². The number of thioether (sulfide) groups is 1. The van der Waals surface area contributed by atoms with Gasteiger partial charge in [-0.25, -0.2) is 0 Å². The van der Waals surface area contributed by atoms with Gasteiger partial charge in [0.2, 0.25) is 5.91 Å². The molecule has 102 valence electrons. The molecule has 0 aliphatic carbocycles. The first-order chi connectivity index (χ1) is 8.44. The number of carbonyl (C=O) groups is 3. The van der Waals surface area contributed by atoms with Gasteiger partial charge in [0.05, 0.1) is 5.75 Å². The number of carbonyl (C=O) groups excluding carboxylic acids is 3. The zero-order valence-corrected chi connectivity index (χ0v) is 11.6. The van der Waals surface area contributed by atoms with Crippen LogP contribution in [-0.2, 0) is 14.3 Å². The molecule has 6 nitrogen and oxygen atoms in total. The van der Waals surface area contributed by atoms with Gasteiger partial charge in [0, 0.05) is 20.2 Å². The molecular formula is C11H18N2O4S. The Morgan fingerprint density at radius 3 is 2.67 bits per heavy atom. The molecule has 0 aromatic rings. The highest BCUT2D eigenvalue weighted by Crippen LogP contribution is 2.18. The summed E-state index contributed by atoms with van der Waals surface area (Å²) in [4.78, 5) is 35.6. The van der Waals surface area contributed by atoms with Gasteiger partial charge in [-0.15, -0.1) is 0 Å². The average molecular weight is 274 g/mol. The van der Waals surface area contributed by atoms with E-state index < -0.39 is 5.60 Å². The number of imide groups is 1. The van der Waals surface area contributed by atoms with Crippen LogP contribution < -0.4 is 5.32 Å². The van der Waals surface area contributed by atoms with Crippen LogP contribution in [0.3, 0.4) is 0 Å². The third kappa shape index (κ3) is 3.23. The summed E-state index contributed by atoms with van der Waals surface area (Å²) in [6.45, 7) is 4.01. The summed E-state index contributed by atoms with van der Waals surface area (Å²) >= 11 is 0.987. The van der Waals surface area contributed by atoms with Gasteiger partial charge in [-0.05, 0) is 13.3 Å². The molecule has 1 saturated heterocycles. The molecule has 18 heavy (non-hydrogen) atoms. The molecule has 1 atom stereocenters. The van der Waals surface area contributed by atoms with Crippen LogP contribution in [-0.4, -0.2) is 53.5 Å². The number of amides is 3. The molecule has 0 aromatic carbocycles.